The number of fused-ring (bicyclic) bond motifs is 4. The van der Waals surface area contributed by atoms with E-state index in [0.29, 0.717) is 63.5 Å². The third-order valence-electron chi connectivity index (χ3n) is 7.34. The summed E-state index contributed by atoms with van der Waals surface area (Å²) in [5, 5.41) is 4.33. The highest BCUT2D eigenvalue weighted by atomic mass is 32.1. The van der Waals surface area contributed by atoms with E-state index in [1.807, 2.05) is 6.07 Å². The molecule has 3 N–H and O–H groups in total. The van der Waals surface area contributed by atoms with E-state index in [1.165, 1.54) is 13.2 Å². The molecular weight excluding hydrogens is 485 g/mol. The van der Waals surface area contributed by atoms with Gasteiger partial charge in [0.15, 0.2) is 5.13 Å². The quantitative estimate of drug-likeness (QED) is 0.427. The lowest BCUT2D eigenvalue weighted by Crippen LogP contribution is -2.51. The predicted molar refractivity (Wildman–Crippen MR) is 135 cm³/mol. The Bertz CT molecular complexity index is 1570. The number of pyridine rings is 1. The molecule has 0 radical (unpaired) electrons. The molecule has 10 nitrogen and oxygen atoms in total. The minimum atomic E-state index is -0.399. The Morgan fingerprint density at radius 1 is 1.19 bits per heavy atom. The molecule has 186 valence electrons. The number of halogens is 1. The van der Waals surface area contributed by atoms with Crippen molar-refractivity contribution >= 4 is 43.4 Å². The topological polar surface area (TPSA) is 120 Å². The third kappa shape index (κ3) is 3.28. The molecule has 2 atom stereocenters. The molecule has 0 aliphatic carbocycles. The zero-order chi connectivity index (χ0) is 24.6. The van der Waals surface area contributed by atoms with Crippen LogP contribution in [0.25, 0.3) is 32.4 Å². The monoisotopic (exact) mass is 509 g/mol. The minimum Gasteiger partial charge on any atom is -0.467 e. The number of nitrogens with one attached hydrogen (secondary N) is 1. The van der Waals surface area contributed by atoms with Crippen LogP contribution in [0.1, 0.15) is 18.9 Å². The number of nitrogens with zero attached hydrogens (tertiary/aromatic N) is 5. The van der Waals surface area contributed by atoms with Crippen molar-refractivity contribution in [3.63, 3.8) is 0 Å². The third-order valence-corrected chi connectivity index (χ3v) is 8.23. The van der Waals surface area contributed by atoms with E-state index in [0.717, 1.165) is 37.3 Å². The van der Waals surface area contributed by atoms with Crippen molar-refractivity contribution in [2.24, 2.45) is 0 Å². The average Bonchev–Trinajstić information content (AvgIpc) is 3.40. The van der Waals surface area contributed by atoms with E-state index < -0.39 is 5.82 Å². The van der Waals surface area contributed by atoms with Gasteiger partial charge >= 0.3 is 6.01 Å². The normalized spacial score (nSPS) is 21.9. The molecule has 36 heavy (non-hydrogen) atoms. The Labute approximate surface area is 208 Å². The number of benzene rings is 1. The maximum Gasteiger partial charge on any atom is 0.318 e. The Hall–Kier alpha value is -3.35. The highest BCUT2D eigenvalue weighted by molar-refractivity contribution is 7.22. The van der Waals surface area contributed by atoms with E-state index in [4.69, 9.17) is 15.2 Å². The van der Waals surface area contributed by atoms with Gasteiger partial charge in [-0.1, -0.05) is 11.3 Å². The van der Waals surface area contributed by atoms with Gasteiger partial charge in [-0.2, -0.15) is 9.97 Å². The van der Waals surface area contributed by atoms with Crippen LogP contribution in [0.2, 0.25) is 0 Å². The molecule has 4 aromatic rings. The van der Waals surface area contributed by atoms with E-state index in [2.05, 4.69) is 25.2 Å². The van der Waals surface area contributed by atoms with E-state index in [9.17, 15) is 9.18 Å². The van der Waals surface area contributed by atoms with Crippen molar-refractivity contribution in [1.82, 2.24) is 24.8 Å². The number of nitrogens with two attached hydrogens (primary N) is 1. The summed E-state index contributed by atoms with van der Waals surface area (Å²) in [6.45, 7) is 2.34. The number of methoxy groups -OCH3 is 1. The molecular formula is C24H24FN7O3S. The summed E-state index contributed by atoms with van der Waals surface area (Å²) < 4.78 is 27.5. The first-order valence-electron chi connectivity index (χ1n) is 11.9. The smallest absolute Gasteiger partial charge is 0.318 e. The standard InChI is InChI=1S/C24H24FN7O3S/c1-34-24-28-16-6-17(14-4-5-15(25)20-19(14)29-23(26)36-20)32(13-9-35-10-13)22(33)18(16)21(30-24)31-7-11-2-3-12(8-31)27-11/h4-6,11-13,27H,2-3,7-10H2,1H3,(H2,26,29). The average molecular weight is 510 g/mol. The largest absolute Gasteiger partial charge is 0.467 e. The van der Waals surface area contributed by atoms with Crippen LogP contribution in [-0.4, -0.2) is 65.0 Å². The Morgan fingerprint density at radius 3 is 2.67 bits per heavy atom. The predicted octanol–water partition coefficient (Wildman–Crippen LogP) is 2.31. The first-order valence-corrected chi connectivity index (χ1v) is 12.8. The molecule has 3 aliphatic rings. The summed E-state index contributed by atoms with van der Waals surface area (Å²) in [7, 11) is 1.52. The van der Waals surface area contributed by atoms with Gasteiger partial charge in [0.25, 0.3) is 5.56 Å². The van der Waals surface area contributed by atoms with Gasteiger partial charge in [-0.25, -0.2) is 9.37 Å². The lowest BCUT2D eigenvalue weighted by atomic mass is 10.1. The molecule has 1 aromatic carbocycles. The van der Waals surface area contributed by atoms with Crippen molar-refractivity contribution < 1.29 is 13.9 Å². The van der Waals surface area contributed by atoms with Gasteiger partial charge in [-0.05, 0) is 31.0 Å². The number of ether oxygens (including phenoxy) is 2. The van der Waals surface area contributed by atoms with Crippen molar-refractivity contribution in [2.45, 2.75) is 31.0 Å². The van der Waals surface area contributed by atoms with Gasteiger partial charge in [-0.3, -0.25) is 9.36 Å². The summed E-state index contributed by atoms with van der Waals surface area (Å²) in [5.74, 6) is 0.187. The Morgan fingerprint density at radius 2 is 1.97 bits per heavy atom. The fraction of sp³-hybridized carbons (Fsp3) is 0.417. The van der Waals surface area contributed by atoms with E-state index in [1.54, 1.807) is 10.6 Å². The molecule has 3 aromatic heterocycles. The second-order valence-corrected chi connectivity index (χ2v) is 10.6. The summed E-state index contributed by atoms with van der Waals surface area (Å²) in [4.78, 5) is 30.0. The van der Waals surface area contributed by atoms with E-state index in [-0.39, 0.29) is 22.7 Å². The highest BCUT2D eigenvalue weighted by Crippen LogP contribution is 2.38. The van der Waals surface area contributed by atoms with Crippen molar-refractivity contribution in [1.29, 1.82) is 0 Å². The van der Waals surface area contributed by atoms with Crippen LogP contribution in [-0.2, 0) is 4.74 Å². The maximum absolute atomic E-state index is 14.6. The summed E-state index contributed by atoms with van der Waals surface area (Å²) >= 11 is 1.08. The Balaban J connectivity index is 1.51. The van der Waals surface area contributed by atoms with Crippen LogP contribution in [0.5, 0.6) is 6.01 Å². The fourth-order valence-corrected chi connectivity index (χ4v) is 6.38. The molecule has 2 unspecified atom stereocenters. The second kappa shape index (κ2) is 8.08. The zero-order valence-electron chi connectivity index (χ0n) is 19.5. The van der Waals surface area contributed by atoms with Gasteiger partial charge in [0.05, 0.1) is 47.8 Å². The first kappa shape index (κ1) is 21.9. The van der Waals surface area contributed by atoms with Crippen LogP contribution in [0, 0.1) is 5.82 Å². The molecule has 3 saturated heterocycles. The van der Waals surface area contributed by atoms with Crippen molar-refractivity contribution in [2.75, 3.05) is 44.0 Å². The number of nitrogen functional groups attached to an aromatic ring is 1. The van der Waals surface area contributed by atoms with Crippen LogP contribution < -0.4 is 26.2 Å². The summed E-state index contributed by atoms with van der Waals surface area (Å²) in [6, 6.07) is 5.63. The first-order chi connectivity index (χ1) is 17.5. The summed E-state index contributed by atoms with van der Waals surface area (Å²) in [5.41, 5.74) is 7.82. The lowest BCUT2D eigenvalue weighted by molar-refractivity contribution is -0.0238. The fourth-order valence-electron chi connectivity index (χ4n) is 5.61. The van der Waals surface area contributed by atoms with Crippen molar-refractivity contribution in [3.05, 3.63) is 34.4 Å². The SMILES string of the molecule is COc1nc(N2CC3CCC(C2)N3)c2c(=O)n(C3COC3)c(-c3ccc(F)c4sc(N)nc34)cc2n1. The molecule has 0 amide bonds. The molecule has 7 rings (SSSR count). The van der Waals surface area contributed by atoms with E-state index >= 15 is 0 Å². The van der Waals surface area contributed by atoms with Gasteiger partial charge in [-0.15, -0.1) is 0 Å². The van der Waals surface area contributed by atoms with Crippen LogP contribution in [0.4, 0.5) is 15.3 Å². The van der Waals surface area contributed by atoms with Gasteiger partial charge in [0.1, 0.15) is 17.0 Å². The highest BCUT2D eigenvalue weighted by Gasteiger charge is 2.35. The van der Waals surface area contributed by atoms with Gasteiger partial charge in [0.2, 0.25) is 0 Å². The molecule has 2 bridgehead atoms. The van der Waals surface area contributed by atoms with Crippen LogP contribution in [0.3, 0.4) is 0 Å². The molecule has 3 fully saturated rings. The zero-order valence-corrected chi connectivity index (χ0v) is 20.3. The summed E-state index contributed by atoms with van der Waals surface area (Å²) in [6.07, 6.45) is 2.21. The van der Waals surface area contributed by atoms with Crippen LogP contribution in [0.15, 0.2) is 23.0 Å². The maximum atomic E-state index is 14.6. The minimum absolute atomic E-state index is 0.165. The van der Waals surface area contributed by atoms with Crippen molar-refractivity contribution in [3.8, 4) is 17.3 Å². The molecule has 12 heteroatoms. The van der Waals surface area contributed by atoms with Gasteiger partial charge < -0.3 is 25.4 Å². The molecule has 3 aliphatic heterocycles. The number of rotatable bonds is 4. The number of piperazine rings is 1. The number of hydrogen-bond donors (Lipinski definition) is 2. The second-order valence-electron chi connectivity index (χ2n) is 9.56. The number of thiazole rings is 1. The number of hydrogen-bond acceptors (Lipinski definition) is 10. The lowest BCUT2D eigenvalue weighted by Gasteiger charge is -2.35. The van der Waals surface area contributed by atoms with Gasteiger partial charge in [0, 0.05) is 30.7 Å². The Kier molecular flexibility index (Phi) is 4.92. The molecule has 0 spiro atoms. The number of aromatic nitrogens is 4. The molecule has 6 heterocycles. The number of anilines is 2. The molecule has 0 saturated carbocycles. The van der Waals surface area contributed by atoms with Crippen LogP contribution >= 0.6 is 11.3 Å².